The van der Waals surface area contributed by atoms with Crippen LogP contribution in [0.25, 0.3) is 0 Å². The number of fused-ring (bicyclic) bond motifs is 2. The molecule has 4 rings (SSSR count). The average molecular weight is 401 g/mol. The van der Waals surface area contributed by atoms with Gasteiger partial charge in [-0.05, 0) is 73.5 Å². The number of nitrogens with two attached hydrogens (primary N) is 1. The molecule has 3 fully saturated rings. The third-order valence-corrected chi connectivity index (χ3v) is 5.73. The second kappa shape index (κ2) is 6.65. The molecule has 134 valence electrons. The first kappa shape index (κ1) is 18.3. The summed E-state index contributed by atoms with van der Waals surface area (Å²) in [6, 6.07) is 5.32. The van der Waals surface area contributed by atoms with Crippen LogP contribution < -0.4 is 5.73 Å². The van der Waals surface area contributed by atoms with E-state index in [4.69, 9.17) is 10.5 Å². The Morgan fingerprint density at radius 3 is 2.71 bits per heavy atom. The number of benzene rings is 1. The van der Waals surface area contributed by atoms with Crippen molar-refractivity contribution in [1.29, 1.82) is 0 Å². The second-order valence-corrected chi connectivity index (χ2v) is 8.81. The van der Waals surface area contributed by atoms with Crippen molar-refractivity contribution in [2.45, 2.75) is 70.2 Å². The van der Waals surface area contributed by atoms with E-state index in [0.29, 0.717) is 22.4 Å². The Labute approximate surface area is 151 Å². The molecule has 24 heavy (non-hydrogen) atoms. The number of hydrogen-bond donors (Lipinski definition) is 2. The van der Waals surface area contributed by atoms with Crippen LogP contribution in [0.1, 0.15) is 39.2 Å². The fraction of sp³-hybridized carbons (Fsp3) is 0.667. The minimum Gasteiger partial charge on any atom is -0.356 e. The number of halogens is 2. The largest absolute Gasteiger partial charge is 0.356 e. The lowest BCUT2D eigenvalue weighted by atomic mass is 9.67. The average Bonchev–Trinajstić information content (AvgIpc) is 2.42. The van der Waals surface area contributed by atoms with E-state index < -0.39 is 12.0 Å². The van der Waals surface area contributed by atoms with E-state index in [1.54, 1.807) is 12.1 Å². The van der Waals surface area contributed by atoms with Gasteiger partial charge in [0.2, 0.25) is 6.41 Å². The van der Waals surface area contributed by atoms with Gasteiger partial charge in [0.1, 0.15) is 5.82 Å². The highest BCUT2D eigenvalue weighted by Crippen LogP contribution is 2.44. The molecule has 2 bridgehead atoms. The van der Waals surface area contributed by atoms with Crippen molar-refractivity contribution in [2.75, 3.05) is 0 Å². The zero-order valence-electron chi connectivity index (χ0n) is 14.4. The molecule has 2 aliphatic heterocycles. The molecule has 1 aliphatic carbocycles. The molecule has 4 nitrogen and oxygen atoms in total. The first-order chi connectivity index (χ1) is 11.2. The number of ether oxygens (including phenoxy) is 1. The smallest absolute Gasteiger partial charge is 0.217 e. The third kappa shape index (κ3) is 3.53. The topological polar surface area (TPSA) is 58.7 Å². The molecule has 0 aromatic heterocycles. The number of aliphatic hydroxyl groups excluding tert-OH is 1. The molecular weight excluding hydrogens is 375 g/mol. The van der Waals surface area contributed by atoms with Crippen molar-refractivity contribution in [3.8, 4) is 0 Å². The Balaban J connectivity index is 1.83. The molecule has 1 saturated carbocycles. The molecule has 3 atom stereocenters. The Morgan fingerprint density at radius 1 is 1.42 bits per heavy atom. The molecule has 3 unspecified atom stereocenters. The predicted molar refractivity (Wildman–Crippen MR) is 94.8 cm³/mol. The van der Waals surface area contributed by atoms with Crippen molar-refractivity contribution in [2.24, 2.45) is 11.7 Å². The standard InChI is InChI=1S/C18H26BrFN2O2/c1-18(2,3)24-17(23)22-12-7-11(8-12)16(21)14(22)9-10-5-4-6-13(19)15(10)20/h4-6,11-12,14,16-17,23H,7-9,21H2,1-3H3. The summed E-state index contributed by atoms with van der Waals surface area (Å²) >= 11 is 3.24. The van der Waals surface area contributed by atoms with Crippen LogP contribution in [0.4, 0.5) is 4.39 Å². The zero-order valence-corrected chi connectivity index (χ0v) is 16.0. The molecule has 2 heterocycles. The van der Waals surface area contributed by atoms with Crippen LogP contribution in [0.15, 0.2) is 22.7 Å². The lowest BCUT2D eigenvalue weighted by Crippen LogP contribution is -2.70. The summed E-state index contributed by atoms with van der Waals surface area (Å²) in [5, 5.41) is 10.6. The number of rotatable bonds is 4. The van der Waals surface area contributed by atoms with E-state index in [0.717, 1.165) is 12.8 Å². The number of nitrogens with zero attached hydrogens (tertiary/aromatic N) is 1. The molecule has 6 heteroatoms. The SMILES string of the molecule is CC(C)(C)OC(O)N1C2CC(C2)C(N)C1Cc1cccc(Br)c1F. The van der Waals surface area contributed by atoms with E-state index in [1.807, 2.05) is 31.7 Å². The highest BCUT2D eigenvalue weighted by Gasteiger charge is 2.51. The molecule has 1 aromatic rings. The molecule has 0 radical (unpaired) electrons. The lowest BCUT2D eigenvalue weighted by Gasteiger charge is -2.58. The van der Waals surface area contributed by atoms with Gasteiger partial charge in [0.25, 0.3) is 0 Å². The summed E-state index contributed by atoms with van der Waals surface area (Å²) in [6.07, 6.45) is 1.39. The zero-order chi connectivity index (χ0) is 17.6. The third-order valence-electron chi connectivity index (χ3n) is 5.12. The van der Waals surface area contributed by atoms with E-state index in [9.17, 15) is 9.50 Å². The summed E-state index contributed by atoms with van der Waals surface area (Å²) in [7, 11) is 0. The maximum absolute atomic E-state index is 14.4. The summed E-state index contributed by atoms with van der Waals surface area (Å²) in [4.78, 5) is 1.95. The van der Waals surface area contributed by atoms with E-state index in [1.165, 1.54) is 0 Å². The number of piperidine rings is 2. The first-order valence-corrected chi connectivity index (χ1v) is 9.28. The van der Waals surface area contributed by atoms with Gasteiger partial charge in [-0.15, -0.1) is 0 Å². The van der Waals surface area contributed by atoms with Crippen LogP contribution in [0.2, 0.25) is 0 Å². The fourth-order valence-electron chi connectivity index (χ4n) is 3.87. The maximum Gasteiger partial charge on any atom is 0.217 e. The van der Waals surface area contributed by atoms with Crippen LogP contribution >= 0.6 is 15.9 Å². The summed E-state index contributed by atoms with van der Waals surface area (Å²) < 4.78 is 20.6. The highest BCUT2D eigenvalue weighted by atomic mass is 79.9. The molecule has 0 amide bonds. The second-order valence-electron chi connectivity index (χ2n) is 7.95. The van der Waals surface area contributed by atoms with Crippen LogP contribution in [0.5, 0.6) is 0 Å². The summed E-state index contributed by atoms with van der Waals surface area (Å²) in [5.74, 6) is 0.198. The quantitative estimate of drug-likeness (QED) is 0.762. The number of aliphatic hydroxyl groups is 1. The minimum atomic E-state index is -1.03. The van der Waals surface area contributed by atoms with Crippen molar-refractivity contribution in [1.82, 2.24) is 4.90 Å². The number of hydrogen-bond acceptors (Lipinski definition) is 4. The van der Waals surface area contributed by atoms with Gasteiger partial charge < -0.3 is 15.6 Å². The van der Waals surface area contributed by atoms with Gasteiger partial charge in [0.05, 0.1) is 10.1 Å². The van der Waals surface area contributed by atoms with Gasteiger partial charge in [-0.3, -0.25) is 0 Å². The van der Waals surface area contributed by atoms with E-state index >= 15 is 0 Å². The van der Waals surface area contributed by atoms with Crippen molar-refractivity contribution in [3.05, 3.63) is 34.1 Å². The van der Waals surface area contributed by atoms with Crippen LogP contribution in [0.3, 0.4) is 0 Å². The van der Waals surface area contributed by atoms with Crippen LogP contribution in [0, 0.1) is 11.7 Å². The summed E-state index contributed by atoms with van der Waals surface area (Å²) in [6.45, 7) is 5.73. The van der Waals surface area contributed by atoms with Gasteiger partial charge >= 0.3 is 0 Å². The highest BCUT2D eigenvalue weighted by molar-refractivity contribution is 9.10. The van der Waals surface area contributed by atoms with Gasteiger partial charge in [0.15, 0.2) is 0 Å². The van der Waals surface area contributed by atoms with Crippen molar-refractivity contribution in [3.63, 3.8) is 0 Å². The molecular formula is C18H26BrFN2O2. The molecule has 2 saturated heterocycles. The van der Waals surface area contributed by atoms with Gasteiger partial charge in [-0.1, -0.05) is 12.1 Å². The Hall–Kier alpha value is -0.530. The van der Waals surface area contributed by atoms with E-state index in [-0.39, 0.29) is 23.9 Å². The van der Waals surface area contributed by atoms with E-state index in [2.05, 4.69) is 15.9 Å². The normalized spacial score (nSPS) is 31.6. The summed E-state index contributed by atoms with van der Waals surface area (Å²) in [5.41, 5.74) is 6.59. The molecule has 1 aromatic carbocycles. The lowest BCUT2D eigenvalue weighted by molar-refractivity contribution is -0.282. The molecule has 3 N–H and O–H groups in total. The maximum atomic E-state index is 14.4. The van der Waals surface area contributed by atoms with Crippen LogP contribution in [-0.4, -0.2) is 40.1 Å². The van der Waals surface area contributed by atoms with Crippen molar-refractivity contribution < 1.29 is 14.2 Å². The molecule has 0 spiro atoms. The first-order valence-electron chi connectivity index (χ1n) is 8.49. The fourth-order valence-corrected chi connectivity index (χ4v) is 4.27. The monoisotopic (exact) mass is 400 g/mol. The Kier molecular flexibility index (Phi) is 5.06. The van der Waals surface area contributed by atoms with Crippen molar-refractivity contribution >= 4 is 15.9 Å². The predicted octanol–water partition coefficient (Wildman–Crippen LogP) is 3.01. The Morgan fingerprint density at radius 2 is 2.08 bits per heavy atom. The minimum absolute atomic E-state index is 0.0911. The van der Waals surface area contributed by atoms with Gasteiger partial charge in [-0.2, -0.15) is 0 Å². The Bertz CT molecular complexity index is 601. The van der Waals surface area contributed by atoms with Crippen LogP contribution in [-0.2, 0) is 11.2 Å². The van der Waals surface area contributed by atoms with Gasteiger partial charge in [-0.25, -0.2) is 9.29 Å². The van der Waals surface area contributed by atoms with Gasteiger partial charge in [0, 0.05) is 18.1 Å². The molecule has 3 aliphatic rings.